The van der Waals surface area contributed by atoms with Crippen molar-refractivity contribution in [1.29, 1.82) is 0 Å². The third-order valence-electron chi connectivity index (χ3n) is 3.07. The van der Waals surface area contributed by atoms with E-state index in [0.29, 0.717) is 0 Å². The number of hydrogen-bond acceptors (Lipinski definition) is 7. The first kappa shape index (κ1) is 14.6. The first-order valence-corrected chi connectivity index (χ1v) is 7.54. The molecule has 1 aromatic heterocycles. The molecule has 0 aliphatic carbocycles. The van der Waals surface area contributed by atoms with Crippen LogP contribution in [-0.4, -0.2) is 58.0 Å². The Morgan fingerprint density at radius 3 is 3.11 bits per heavy atom. The van der Waals surface area contributed by atoms with Crippen molar-refractivity contribution in [2.45, 2.75) is 39.0 Å². The molecular formula is C12H22N4O2S. The topological polar surface area (TPSA) is 70.5 Å². The number of anilines is 1. The summed E-state index contributed by atoms with van der Waals surface area (Å²) in [6.45, 7) is 7.54. The second kappa shape index (κ2) is 7.14. The van der Waals surface area contributed by atoms with E-state index in [1.165, 1.54) is 11.5 Å². The van der Waals surface area contributed by atoms with Gasteiger partial charge in [-0.15, -0.1) is 5.10 Å². The van der Waals surface area contributed by atoms with Crippen molar-refractivity contribution in [1.82, 2.24) is 14.5 Å². The second-order valence-electron chi connectivity index (χ2n) is 4.92. The van der Waals surface area contributed by atoms with Gasteiger partial charge in [0.05, 0.1) is 18.8 Å². The van der Waals surface area contributed by atoms with Crippen LogP contribution >= 0.6 is 11.5 Å². The lowest BCUT2D eigenvalue weighted by Gasteiger charge is -2.35. The van der Waals surface area contributed by atoms with Crippen molar-refractivity contribution in [3.8, 4) is 0 Å². The van der Waals surface area contributed by atoms with E-state index >= 15 is 0 Å². The first-order valence-electron chi connectivity index (χ1n) is 6.76. The number of rotatable bonds is 6. The number of aliphatic hydroxyl groups excluding tert-OH is 1. The third-order valence-corrected chi connectivity index (χ3v) is 3.80. The highest BCUT2D eigenvalue weighted by Gasteiger charge is 2.25. The van der Waals surface area contributed by atoms with Crippen LogP contribution in [0.1, 0.15) is 26.0 Å². The van der Waals surface area contributed by atoms with E-state index in [-0.39, 0.29) is 18.8 Å². The van der Waals surface area contributed by atoms with E-state index in [2.05, 4.69) is 26.7 Å². The number of aliphatic hydroxyl groups is 1. The maximum absolute atomic E-state index is 9.23. The van der Waals surface area contributed by atoms with Gasteiger partial charge in [-0.05, 0) is 13.3 Å². The molecule has 2 atom stereocenters. The Morgan fingerprint density at radius 2 is 2.37 bits per heavy atom. The molecule has 6 nitrogen and oxygen atoms in total. The quantitative estimate of drug-likeness (QED) is 0.811. The fraction of sp³-hybridized carbons (Fsp3) is 0.833. The van der Waals surface area contributed by atoms with Crippen LogP contribution in [0.2, 0.25) is 0 Å². The van der Waals surface area contributed by atoms with E-state index in [0.717, 1.165) is 43.3 Å². The highest BCUT2D eigenvalue weighted by molar-refractivity contribution is 7.10. The third kappa shape index (κ3) is 4.10. The molecule has 0 amide bonds. The maximum atomic E-state index is 9.23. The first-order chi connectivity index (χ1) is 9.22. The van der Waals surface area contributed by atoms with Crippen molar-refractivity contribution in [3.05, 3.63) is 5.69 Å². The highest BCUT2D eigenvalue weighted by Crippen LogP contribution is 2.21. The molecule has 0 radical (unpaired) electrons. The molecule has 0 aromatic carbocycles. The molecule has 19 heavy (non-hydrogen) atoms. The fourth-order valence-electron chi connectivity index (χ4n) is 2.27. The van der Waals surface area contributed by atoms with E-state index in [1.54, 1.807) is 0 Å². The molecule has 1 fully saturated rings. The van der Waals surface area contributed by atoms with Crippen LogP contribution in [0.25, 0.3) is 0 Å². The molecule has 0 spiro atoms. The summed E-state index contributed by atoms with van der Waals surface area (Å²) in [6.07, 6.45) is 1.13. The van der Waals surface area contributed by atoms with Gasteiger partial charge < -0.3 is 15.2 Å². The molecule has 1 aromatic rings. The van der Waals surface area contributed by atoms with Crippen molar-refractivity contribution < 1.29 is 9.84 Å². The van der Waals surface area contributed by atoms with Crippen molar-refractivity contribution in [3.63, 3.8) is 0 Å². The van der Waals surface area contributed by atoms with Crippen LogP contribution < -0.4 is 5.32 Å². The van der Waals surface area contributed by atoms with Crippen LogP contribution in [0.15, 0.2) is 0 Å². The summed E-state index contributed by atoms with van der Waals surface area (Å²) in [7, 11) is 0. The normalized spacial score (nSPS) is 24.6. The molecule has 1 saturated heterocycles. The molecule has 7 heteroatoms. The lowest BCUT2D eigenvalue weighted by Crippen LogP contribution is -2.47. The summed E-state index contributed by atoms with van der Waals surface area (Å²) in [6, 6.07) is 0. The highest BCUT2D eigenvalue weighted by atomic mass is 32.1. The summed E-state index contributed by atoms with van der Waals surface area (Å²) >= 11 is 1.41. The van der Waals surface area contributed by atoms with Gasteiger partial charge in [0.1, 0.15) is 10.7 Å². The zero-order valence-electron chi connectivity index (χ0n) is 11.5. The Kier molecular flexibility index (Phi) is 5.50. The van der Waals surface area contributed by atoms with Gasteiger partial charge in [-0.2, -0.15) is 0 Å². The van der Waals surface area contributed by atoms with Gasteiger partial charge >= 0.3 is 0 Å². The summed E-state index contributed by atoms with van der Waals surface area (Å²) in [5.41, 5.74) is 0.990. The Hall–Kier alpha value is -0.760. The van der Waals surface area contributed by atoms with Crippen LogP contribution in [0.3, 0.4) is 0 Å². The Bertz CT molecular complexity index is 388. The van der Waals surface area contributed by atoms with Gasteiger partial charge in [-0.3, -0.25) is 4.90 Å². The van der Waals surface area contributed by atoms with E-state index in [9.17, 15) is 5.11 Å². The van der Waals surface area contributed by atoms with E-state index < -0.39 is 0 Å². The van der Waals surface area contributed by atoms with Crippen LogP contribution in [0, 0.1) is 0 Å². The Labute approximate surface area is 117 Å². The average molecular weight is 286 g/mol. The zero-order chi connectivity index (χ0) is 13.7. The number of aromatic nitrogens is 2. The number of nitrogens with zero attached hydrogens (tertiary/aromatic N) is 3. The van der Waals surface area contributed by atoms with Gasteiger partial charge in [0.2, 0.25) is 0 Å². The lowest BCUT2D eigenvalue weighted by molar-refractivity contribution is -0.0974. The molecule has 1 aliphatic heterocycles. The number of hydrogen-bond donors (Lipinski definition) is 2. The summed E-state index contributed by atoms with van der Waals surface area (Å²) in [5, 5.41) is 17.8. The molecule has 0 bridgehead atoms. The standard InChI is InChI=1S/C12H22N4O2S/c1-3-4-13-12-11(14-15-19-12)7-16-5-9(2)18-10(6-16)8-17/h9-10,13,17H,3-8H2,1-2H3. The molecule has 108 valence electrons. The van der Waals surface area contributed by atoms with Gasteiger partial charge in [-0.1, -0.05) is 11.4 Å². The molecule has 0 saturated carbocycles. The summed E-state index contributed by atoms with van der Waals surface area (Å²) in [5.74, 6) is 0. The maximum Gasteiger partial charge on any atom is 0.134 e. The van der Waals surface area contributed by atoms with Crippen molar-refractivity contribution in [2.24, 2.45) is 0 Å². The number of ether oxygens (including phenoxy) is 1. The minimum Gasteiger partial charge on any atom is -0.394 e. The molecule has 2 N–H and O–H groups in total. The predicted molar refractivity (Wildman–Crippen MR) is 75.4 cm³/mol. The molecular weight excluding hydrogens is 264 g/mol. The number of morpholine rings is 1. The van der Waals surface area contributed by atoms with Crippen LogP contribution in [0.5, 0.6) is 0 Å². The van der Waals surface area contributed by atoms with Crippen LogP contribution in [-0.2, 0) is 11.3 Å². The molecule has 2 unspecified atom stereocenters. The predicted octanol–water partition coefficient (Wildman–Crippen LogP) is 0.942. The Morgan fingerprint density at radius 1 is 1.53 bits per heavy atom. The molecule has 2 rings (SSSR count). The minimum absolute atomic E-state index is 0.0666. The minimum atomic E-state index is -0.0950. The van der Waals surface area contributed by atoms with Crippen molar-refractivity contribution in [2.75, 3.05) is 31.6 Å². The monoisotopic (exact) mass is 286 g/mol. The van der Waals surface area contributed by atoms with Gasteiger partial charge in [0, 0.05) is 37.7 Å². The van der Waals surface area contributed by atoms with Crippen LogP contribution in [0.4, 0.5) is 5.00 Å². The van der Waals surface area contributed by atoms with Gasteiger partial charge in [0.25, 0.3) is 0 Å². The van der Waals surface area contributed by atoms with Crippen molar-refractivity contribution >= 4 is 16.5 Å². The molecule has 1 aliphatic rings. The smallest absolute Gasteiger partial charge is 0.134 e. The SMILES string of the molecule is CCCNc1snnc1CN1CC(C)OC(CO)C1. The van der Waals surface area contributed by atoms with E-state index in [1.807, 2.05) is 6.92 Å². The fourth-order valence-corrected chi connectivity index (χ4v) is 2.87. The Balaban J connectivity index is 1.94. The summed E-state index contributed by atoms with van der Waals surface area (Å²) < 4.78 is 9.66. The molecule has 2 heterocycles. The van der Waals surface area contributed by atoms with Gasteiger partial charge in [0.15, 0.2) is 0 Å². The summed E-state index contributed by atoms with van der Waals surface area (Å²) in [4.78, 5) is 2.27. The number of nitrogens with one attached hydrogen (secondary N) is 1. The lowest BCUT2D eigenvalue weighted by atomic mass is 10.2. The average Bonchev–Trinajstić information content (AvgIpc) is 2.83. The van der Waals surface area contributed by atoms with Gasteiger partial charge in [-0.25, -0.2) is 0 Å². The zero-order valence-corrected chi connectivity index (χ0v) is 12.3. The second-order valence-corrected chi connectivity index (χ2v) is 5.68. The largest absolute Gasteiger partial charge is 0.394 e. The van der Waals surface area contributed by atoms with E-state index in [4.69, 9.17) is 4.74 Å².